The molecule has 23 heavy (non-hydrogen) atoms. The van der Waals surface area contributed by atoms with Crippen LogP contribution in [-0.4, -0.2) is 44.4 Å². The first kappa shape index (κ1) is 19.6. The van der Waals surface area contributed by atoms with Crippen LogP contribution in [0.15, 0.2) is 14.5 Å². The number of nitrogens with two attached hydrogens (primary N) is 1. The second-order valence-electron chi connectivity index (χ2n) is 5.54. The SMILES string of the molecule is CCCNC1CN(CCCCSC)Sc2sc(S(N)(=O)=O)cc21. The van der Waals surface area contributed by atoms with E-state index in [1.165, 1.54) is 23.5 Å². The van der Waals surface area contributed by atoms with Gasteiger partial charge in [0.1, 0.15) is 4.21 Å². The van der Waals surface area contributed by atoms with E-state index in [-0.39, 0.29) is 10.3 Å². The van der Waals surface area contributed by atoms with E-state index in [0.29, 0.717) is 0 Å². The number of rotatable bonds is 9. The Labute approximate surface area is 152 Å². The second kappa shape index (κ2) is 9.07. The molecule has 0 fully saturated rings. The molecule has 0 bridgehead atoms. The minimum atomic E-state index is -3.63. The molecule has 2 heterocycles. The molecule has 1 aliphatic heterocycles. The van der Waals surface area contributed by atoms with Gasteiger partial charge in [0.05, 0.1) is 4.21 Å². The summed E-state index contributed by atoms with van der Waals surface area (Å²) in [5.74, 6) is 1.19. The number of fused-ring (bicyclic) bond motifs is 1. The molecule has 1 aliphatic rings. The summed E-state index contributed by atoms with van der Waals surface area (Å²) in [6.07, 6.45) is 5.56. The smallest absolute Gasteiger partial charge is 0.247 e. The van der Waals surface area contributed by atoms with Crippen LogP contribution in [0.3, 0.4) is 0 Å². The van der Waals surface area contributed by atoms with Gasteiger partial charge in [-0.2, -0.15) is 11.8 Å². The lowest BCUT2D eigenvalue weighted by Gasteiger charge is -2.32. The third-order valence-corrected chi connectivity index (χ3v) is 8.13. The highest BCUT2D eigenvalue weighted by molar-refractivity contribution is 7.99. The molecule has 0 amide bonds. The van der Waals surface area contributed by atoms with Gasteiger partial charge in [-0.3, -0.25) is 0 Å². The number of unbranched alkanes of at least 4 members (excludes halogenated alkanes) is 1. The zero-order valence-corrected chi connectivity index (χ0v) is 16.8. The van der Waals surface area contributed by atoms with Gasteiger partial charge in [-0.05, 0) is 61.4 Å². The quantitative estimate of drug-likeness (QED) is 0.495. The van der Waals surface area contributed by atoms with Crippen LogP contribution in [0.2, 0.25) is 0 Å². The van der Waals surface area contributed by atoms with E-state index >= 15 is 0 Å². The largest absolute Gasteiger partial charge is 0.309 e. The van der Waals surface area contributed by atoms with E-state index in [0.717, 1.165) is 42.2 Å². The Hall–Kier alpha value is 0.230. The number of thioether (sulfide) groups is 1. The van der Waals surface area contributed by atoms with E-state index in [1.54, 1.807) is 18.0 Å². The molecule has 1 aromatic rings. The van der Waals surface area contributed by atoms with Crippen LogP contribution in [0.5, 0.6) is 0 Å². The van der Waals surface area contributed by atoms with Crippen molar-refractivity contribution in [3.63, 3.8) is 0 Å². The number of hydrogen-bond donors (Lipinski definition) is 2. The summed E-state index contributed by atoms with van der Waals surface area (Å²) >= 11 is 4.84. The number of nitrogens with one attached hydrogen (secondary N) is 1. The number of primary sulfonamides is 1. The first-order valence-corrected chi connectivity index (χ1v) is 12.3. The lowest BCUT2D eigenvalue weighted by molar-refractivity contribution is 0.371. The molecule has 1 atom stereocenters. The maximum atomic E-state index is 11.6. The van der Waals surface area contributed by atoms with Crippen molar-refractivity contribution in [2.75, 3.05) is 31.6 Å². The Morgan fingerprint density at radius 3 is 2.91 bits per heavy atom. The molecule has 5 nitrogen and oxygen atoms in total. The van der Waals surface area contributed by atoms with Gasteiger partial charge in [-0.1, -0.05) is 6.92 Å². The molecule has 0 aromatic carbocycles. The fourth-order valence-electron chi connectivity index (χ4n) is 2.44. The molecule has 1 unspecified atom stereocenters. The first-order valence-electron chi connectivity index (χ1n) is 7.77. The summed E-state index contributed by atoms with van der Waals surface area (Å²) in [5, 5.41) is 8.84. The Kier molecular flexibility index (Phi) is 7.71. The minimum Gasteiger partial charge on any atom is -0.309 e. The fraction of sp³-hybridized carbons (Fsp3) is 0.714. The van der Waals surface area contributed by atoms with Crippen LogP contribution < -0.4 is 10.5 Å². The molecule has 132 valence electrons. The van der Waals surface area contributed by atoms with Crippen molar-refractivity contribution in [1.82, 2.24) is 9.62 Å². The van der Waals surface area contributed by atoms with Gasteiger partial charge >= 0.3 is 0 Å². The Balaban J connectivity index is 2.11. The third-order valence-electron chi connectivity index (χ3n) is 3.60. The predicted molar refractivity (Wildman–Crippen MR) is 102 cm³/mol. The topological polar surface area (TPSA) is 75.4 Å². The Morgan fingerprint density at radius 1 is 1.48 bits per heavy atom. The lowest BCUT2D eigenvalue weighted by Crippen LogP contribution is -2.35. The number of nitrogens with zero attached hydrogens (tertiary/aromatic N) is 1. The summed E-state index contributed by atoms with van der Waals surface area (Å²) in [6.45, 7) is 4.99. The van der Waals surface area contributed by atoms with Gasteiger partial charge in [-0.25, -0.2) is 17.9 Å². The molecule has 2 rings (SSSR count). The Morgan fingerprint density at radius 2 is 2.26 bits per heavy atom. The predicted octanol–water partition coefficient (Wildman–Crippen LogP) is 2.90. The lowest BCUT2D eigenvalue weighted by atomic mass is 10.1. The van der Waals surface area contributed by atoms with Crippen molar-refractivity contribution in [2.45, 2.75) is 40.6 Å². The summed E-state index contributed by atoms with van der Waals surface area (Å²) in [4.78, 5) is 0. The maximum absolute atomic E-state index is 11.6. The van der Waals surface area contributed by atoms with Gasteiger partial charge in [0.25, 0.3) is 0 Å². The maximum Gasteiger partial charge on any atom is 0.247 e. The van der Waals surface area contributed by atoms with Gasteiger partial charge < -0.3 is 5.32 Å². The van der Waals surface area contributed by atoms with Crippen molar-refractivity contribution in [2.24, 2.45) is 5.14 Å². The first-order chi connectivity index (χ1) is 11.0. The summed E-state index contributed by atoms with van der Waals surface area (Å²) < 4.78 is 26.9. The van der Waals surface area contributed by atoms with E-state index in [9.17, 15) is 8.42 Å². The molecule has 0 aliphatic carbocycles. The average Bonchev–Trinajstić information content (AvgIpc) is 2.93. The van der Waals surface area contributed by atoms with Crippen LogP contribution in [-0.2, 0) is 10.0 Å². The fourth-order valence-corrected chi connectivity index (χ4v) is 6.51. The van der Waals surface area contributed by atoms with Crippen molar-refractivity contribution >= 4 is 45.1 Å². The average molecular weight is 396 g/mol. The molecule has 1 aromatic heterocycles. The van der Waals surface area contributed by atoms with Crippen LogP contribution in [0.1, 0.15) is 37.8 Å². The third kappa shape index (κ3) is 5.62. The van der Waals surface area contributed by atoms with E-state index in [1.807, 2.05) is 11.8 Å². The second-order valence-corrected chi connectivity index (χ2v) is 10.7. The molecule has 9 heteroatoms. The van der Waals surface area contributed by atoms with Crippen molar-refractivity contribution in [1.29, 1.82) is 0 Å². The molecule has 0 saturated carbocycles. The highest BCUT2D eigenvalue weighted by atomic mass is 32.3. The van der Waals surface area contributed by atoms with E-state index in [4.69, 9.17) is 5.14 Å². The highest BCUT2D eigenvalue weighted by Crippen LogP contribution is 2.43. The van der Waals surface area contributed by atoms with E-state index < -0.39 is 10.0 Å². The van der Waals surface area contributed by atoms with Gasteiger partial charge in [0.2, 0.25) is 10.0 Å². The van der Waals surface area contributed by atoms with Crippen molar-refractivity contribution < 1.29 is 8.42 Å². The molecule has 0 saturated heterocycles. The summed E-state index contributed by atoms with van der Waals surface area (Å²) in [7, 11) is -3.63. The molecule has 3 N–H and O–H groups in total. The summed E-state index contributed by atoms with van der Waals surface area (Å²) in [5.41, 5.74) is 1.08. The van der Waals surface area contributed by atoms with Crippen LogP contribution in [0.25, 0.3) is 0 Å². The highest BCUT2D eigenvalue weighted by Gasteiger charge is 2.29. The molecular weight excluding hydrogens is 370 g/mol. The normalized spacial score (nSPS) is 19.0. The monoisotopic (exact) mass is 395 g/mol. The number of hydrogen-bond acceptors (Lipinski definition) is 7. The van der Waals surface area contributed by atoms with Crippen molar-refractivity contribution in [3.8, 4) is 0 Å². The Bertz CT molecular complexity index is 603. The van der Waals surface area contributed by atoms with Gasteiger partial charge in [0, 0.05) is 19.1 Å². The minimum absolute atomic E-state index is 0.179. The molecule has 0 radical (unpaired) electrons. The standard InChI is InChI=1S/C14H25N3O2S4/c1-3-6-16-12-10-17(7-4-5-8-20-2)22-14-11(12)9-13(21-14)23(15,18)19/h9,12,16H,3-8,10H2,1-2H3,(H2,15,18,19). The zero-order chi connectivity index (χ0) is 16.9. The van der Waals surface area contributed by atoms with Crippen molar-refractivity contribution in [3.05, 3.63) is 11.6 Å². The number of sulfonamides is 1. The van der Waals surface area contributed by atoms with Gasteiger partial charge in [0.15, 0.2) is 0 Å². The van der Waals surface area contributed by atoms with E-state index in [2.05, 4.69) is 22.8 Å². The molecular formula is C14H25N3O2S4. The number of thiophene rings is 1. The summed E-state index contributed by atoms with van der Waals surface area (Å²) in [6, 6.07) is 1.93. The zero-order valence-electron chi connectivity index (χ0n) is 13.6. The van der Waals surface area contributed by atoms with Crippen LogP contribution >= 0.6 is 35.0 Å². The molecule has 0 spiro atoms. The van der Waals surface area contributed by atoms with Gasteiger partial charge in [-0.15, -0.1) is 11.3 Å². The van der Waals surface area contributed by atoms with Crippen LogP contribution in [0.4, 0.5) is 0 Å². The van der Waals surface area contributed by atoms with Crippen LogP contribution in [0, 0.1) is 0 Å².